The lowest BCUT2D eigenvalue weighted by atomic mass is 10.2. The molecule has 7 heteroatoms. The summed E-state index contributed by atoms with van der Waals surface area (Å²) in [5.74, 6) is -1.01. The smallest absolute Gasteiger partial charge is 0.316 e. The average Bonchev–Trinajstić information content (AvgIpc) is 2.72. The van der Waals surface area contributed by atoms with E-state index >= 15 is 0 Å². The summed E-state index contributed by atoms with van der Waals surface area (Å²) >= 11 is 1.35. The van der Waals surface area contributed by atoms with E-state index in [-0.39, 0.29) is 30.7 Å². The molecule has 0 bridgehead atoms. The van der Waals surface area contributed by atoms with Crippen molar-refractivity contribution in [2.45, 2.75) is 25.2 Å². The molecule has 0 heterocycles. The van der Waals surface area contributed by atoms with Crippen molar-refractivity contribution in [1.82, 2.24) is 4.90 Å². The highest BCUT2D eigenvalue weighted by atomic mass is 32.2. The van der Waals surface area contributed by atoms with E-state index < -0.39 is 5.97 Å². The second-order valence-corrected chi connectivity index (χ2v) is 7.49. The Morgan fingerprint density at radius 2 is 1.72 bits per heavy atom. The van der Waals surface area contributed by atoms with Crippen LogP contribution in [0.1, 0.15) is 18.9 Å². The Labute approximate surface area is 175 Å². The van der Waals surface area contributed by atoms with Crippen molar-refractivity contribution in [1.29, 1.82) is 0 Å². The topological polar surface area (TPSA) is 75.7 Å². The van der Waals surface area contributed by atoms with Gasteiger partial charge < -0.3 is 15.0 Å². The van der Waals surface area contributed by atoms with Gasteiger partial charge in [-0.25, -0.2) is 0 Å². The van der Waals surface area contributed by atoms with Crippen molar-refractivity contribution in [3.8, 4) is 0 Å². The van der Waals surface area contributed by atoms with Crippen molar-refractivity contribution in [3.05, 3.63) is 60.2 Å². The molecule has 0 aliphatic carbocycles. The number of thioether (sulfide) groups is 1. The molecule has 0 saturated heterocycles. The number of hydrogen-bond donors (Lipinski definition) is 1. The molecule has 0 spiro atoms. The van der Waals surface area contributed by atoms with Crippen molar-refractivity contribution in [3.63, 3.8) is 0 Å². The van der Waals surface area contributed by atoms with E-state index in [9.17, 15) is 14.4 Å². The largest absolute Gasteiger partial charge is 0.455 e. The van der Waals surface area contributed by atoms with Crippen LogP contribution in [0.2, 0.25) is 0 Å². The highest BCUT2D eigenvalue weighted by molar-refractivity contribution is 8.00. The van der Waals surface area contributed by atoms with E-state index in [0.29, 0.717) is 18.7 Å². The van der Waals surface area contributed by atoms with Crippen LogP contribution in [0.25, 0.3) is 0 Å². The molecule has 2 aromatic rings. The first kappa shape index (κ1) is 22.5. The molecule has 0 unspecified atom stereocenters. The van der Waals surface area contributed by atoms with Crippen LogP contribution in [0.3, 0.4) is 0 Å². The van der Waals surface area contributed by atoms with Gasteiger partial charge in [-0.2, -0.15) is 0 Å². The fourth-order valence-corrected chi connectivity index (χ4v) is 3.29. The van der Waals surface area contributed by atoms with E-state index in [2.05, 4.69) is 5.32 Å². The van der Waals surface area contributed by atoms with Crippen LogP contribution in [0, 0.1) is 6.92 Å². The molecule has 154 valence electrons. The summed E-state index contributed by atoms with van der Waals surface area (Å²) < 4.78 is 5.09. The van der Waals surface area contributed by atoms with Crippen LogP contribution >= 0.6 is 11.8 Å². The summed E-state index contributed by atoms with van der Waals surface area (Å²) in [5.41, 5.74) is 1.66. The molecule has 0 aromatic heterocycles. The number of anilines is 1. The van der Waals surface area contributed by atoms with Gasteiger partial charge >= 0.3 is 5.97 Å². The third-order valence-electron chi connectivity index (χ3n) is 4.06. The predicted octanol–water partition coefficient (Wildman–Crippen LogP) is 3.51. The molecular weight excluding hydrogens is 388 g/mol. The van der Waals surface area contributed by atoms with E-state index in [1.807, 2.05) is 68.4 Å². The van der Waals surface area contributed by atoms with Gasteiger partial charge in [-0.05, 0) is 37.1 Å². The van der Waals surface area contributed by atoms with Gasteiger partial charge in [0.15, 0.2) is 6.61 Å². The number of ether oxygens (including phenoxy) is 1. The van der Waals surface area contributed by atoms with Crippen molar-refractivity contribution in [2.75, 3.05) is 30.8 Å². The molecule has 0 atom stereocenters. The van der Waals surface area contributed by atoms with Gasteiger partial charge in [-0.3, -0.25) is 14.4 Å². The third kappa shape index (κ3) is 7.99. The summed E-state index contributed by atoms with van der Waals surface area (Å²) in [4.78, 5) is 39.0. The van der Waals surface area contributed by atoms with E-state index in [1.165, 1.54) is 16.7 Å². The Bertz CT molecular complexity index is 827. The van der Waals surface area contributed by atoms with Crippen LogP contribution in [0.15, 0.2) is 59.5 Å². The first-order valence-electron chi connectivity index (χ1n) is 9.46. The Morgan fingerprint density at radius 3 is 2.41 bits per heavy atom. The first-order valence-corrected chi connectivity index (χ1v) is 10.4. The molecule has 0 aliphatic rings. The minimum atomic E-state index is -0.465. The van der Waals surface area contributed by atoms with Gasteiger partial charge in [0.1, 0.15) is 0 Å². The molecule has 1 N–H and O–H groups in total. The molecule has 0 radical (unpaired) electrons. The Kier molecular flexibility index (Phi) is 9.24. The number of nitrogens with zero attached hydrogens (tertiary/aromatic N) is 1. The van der Waals surface area contributed by atoms with Gasteiger partial charge in [0, 0.05) is 17.1 Å². The van der Waals surface area contributed by atoms with Crippen LogP contribution < -0.4 is 5.32 Å². The molecule has 0 aliphatic heterocycles. The molecule has 2 amide bonds. The standard InChI is InChI=1S/C22H26N2O4S/c1-3-13-24(14-20(25)23-19-12-8-7-9-17(19)2)21(26)15-28-22(27)16-29-18-10-5-4-6-11-18/h4-12H,3,13-16H2,1-2H3,(H,23,25). The number of carbonyl (C=O) groups is 3. The Balaban J connectivity index is 1.81. The predicted molar refractivity (Wildman–Crippen MR) is 115 cm³/mol. The van der Waals surface area contributed by atoms with E-state index in [4.69, 9.17) is 4.74 Å². The van der Waals surface area contributed by atoms with Crippen molar-refractivity contribution < 1.29 is 19.1 Å². The quantitative estimate of drug-likeness (QED) is 0.476. The number of esters is 1. The number of rotatable bonds is 10. The minimum absolute atomic E-state index is 0.0860. The number of amides is 2. The fraction of sp³-hybridized carbons (Fsp3) is 0.318. The van der Waals surface area contributed by atoms with Crippen molar-refractivity contribution in [2.24, 2.45) is 0 Å². The zero-order chi connectivity index (χ0) is 21.1. The maximum atomic E-state index is 12.4. The summed E-state index contributed by atoms with van der Waals surface area (Å²) in [6.45, 7) is 3.78. The van der Waals surface area contributed by atoms with Crippen molar-refractivity contribution >= 4 is 35.2 Å². The van der Waals surface area contributed by atoms with Gasteiger partial charge in [-0.15, -0.1) is 11.8 Å². The zero-order valence-electron chi connectivity index (χ0n) is 16.7. The molecule has 2 aromatic carbocycles. The van der Waals surface area contributed by atoms with Gasteiger partial charge in [0.25, 0.3) is 5.91 Å². The SMILES string of the molecule is CCCN(CC(=O)Nc1ccccc1C)C(=O)COC(=O)CSc1ccccc1. The zero-order valence-corrected chi connectivity index (χ0v) is 17.5. The summed E-state index contributed by atoms with van der Waals surface area (Å²) in [7, 11) is 0. The van der Waals surface area contributed by atoms with E-state index in [1.54, 1.807) is 0 Å². The maximum absolute atomic E-state index is 12.4. The van der Waals surface area contributed by atoms with Gasteiger partial charge in [0.05, 0.1) is 12.3 Å². The highest BCUT2D eigenvalue weighted by Crippen LogP contribution is 2.17. The Hall–Kier alpha value is -2.80. The molecule has 29 heavy (non-hydrogen) atoms. The minimum Gasteiger partial charge on any atom is -0.455 e. The maximum Gasteiger partial charge on any atom is 0.316 e. The first-order chi connectivity index (χ1) is 14.0. The average molecular weight is 415 g/mol. The van der Waals surface area contributed by atoms with E-state index in [0.717, 1.165) is 10.5 Å². The lowest BCUT2D eigenvalue weighted by Gasteiger charge is -2.21. The lowest BCUT2D eigenvalue weighted by molar-refractivity contribution is -0.150. The normalized spacial score (nSPS) is 10.3. The highest BCUT2D eigenvalue weighted by Gasteiger charge is 2.18. The summed E-state index contributed by atoms with van der Waals surface area (Å²) in [6, 6.07) is 16.9. The molecule has 6 nitrogen and oxygen atoms in total. The number of benzene rings is 2. The Morgan fingerprint density at radius 1 is 1.03 bits per heavy atom. The molecule has 0 saturated carbocycles. The number of carbonyl (C=O) groups excluding carboxylic acids is 3. The second-order valence-electron chi connectivity index (χ2n) is 6.44. The fourth-order valence-electron chi connectivity index (χ4n) is 2.57. The van der Waals surface area contributed by atoms with Crippen LogP contribution in [-0.2, 0) is 19.1 Å². The van der Waals surface area contributed by atoms with Crippen LogP contribution in [-0.4, -0.2) is 48.1 Å². The molecular formula is C22H26N2O4S. The number of aryl methyl sites for hydroxylation is 1. The number of hydrogen-bond acceptors (Lipinski definition) is 5. The summed E-state index contributed by atoms with van der Waals surface area (Å²) in [6.07, 6.45) is 0.696. The van der Waals surface area contributed by atoms with Crippen LogP contribution in [0.5, 0.6) is 0 Å². The van der Waals surface area contributed by atoms with Gasteiger partial charge in [0.2, 0.25) is 5.91 Å². The number of para-hydroxylation sites is 1. The number of nitrogens with one attached hydrogen (secondary N) is 1. The van der Waals surface area contributed by atoms with Gasteiger partial charge in [-0.1, -0.05) is 43.3 Å². The molecule has 2 rings (SSSR count). The lowest BCUT2D eigenvalue weighted by Crippen LogP contribution is -2.41. The van der Waals surface area contributed by atoms with Crippen LogP contribution in [0.4, 0.5) is 5.69 Å². The second kappa shape index (κ2) is 11.9. The summed E-state index contributed by atoms with van der Waals surface area (Å²) in [5, 5.41) is 2.81. The monoisotopic (exact) mass is 414 g/mol. The third-order valence-corrected chi connectivity index (χ3v) is 5.04. The molecule has 0 fully saturated rings.